The van der Waals surface area contributed by atoms with Crippen LogP contribution in [-0.2, 0) is 0 Å². The Labute approximate surface area is 76.1 Å². The molecular weight excluding hydrogens is 144 g/mol. The summed E-state index contributed by atoms with van der Waals surface area (Å²) in [6, 6.07) is 0. The summed E-state index contributed by atoms with van der Waals surface area (Å²) in [7, 11) is 0. The molecule has 0 N–H and O–H groups in total. The molecule has 68 valence electrons. The van der Waals surface area contributed by atoms with Gasteiger partial charge in [-0.15, -0.1) is 0 Å². The monoisotopic (exact) mass is 164 g/mol. The van der Waals surface area contributed by atoms with Crippen molar-refractivity contribution < 1.29 is 0 Å². The van der Waals surface area contributed by atoms with Crippen LogP contribution in [0.2, 0.25) is 0 Å². The number of hydrogen-bond donors (Lipinski definition) is 0. The summed E-state index contributed by atoms with van der Waals surface area (Å²) < 4.78 is 0. The van der Waals surface area contributed by atoms with E-state index in [0.717, 1.165) is 11.8 Å². The highest BCUT2D eigenvalue weighted by Gasteiger charge is 2.28. The van der Waals surface area contributed by atoms with Gasteiger partial charge in [0.25, 0.3) is 0 Å². The molecule has 0 saturated heterocycles. The van der Waals surface area contributed by atoms with Gasteiger partial charge in [0, 0.05) is 0 Å². The molecule has 0 heteroatoms. The summed E-state index contributed by atoms with van der Waals surface area (Å²) >= 11 is 0. The molecule has 2 aliphatic rings. The third kappa shape index (κ3) is 1.57. The second-order valence-electron chi connectivity index (χ2n) is 4.56. The second-order valence-corrected chi connectivity index (χ2v) is 4.56. The zero-order chi connectivity index (χ0) is 8.39. The van der Waals surface area contributed by atoms with E-state index in [1.165, 1.54) is 51.4 Å². The SMILES string of the molecule is C=C1CCCC1C1CCCCC1. The molecule has 1 unspecified atom stereocenters. The first-order valence-corrected chi connectivity index (χ1v) is 5.55. The Bertz CT molecular complexity index is 163. The Hall–Kier alpha value is -0.260. The highest BCUT2D eigenvalue weighted by Crippen LogP contribution is 2.41. The lowest BCUT2D eigenvalue weighted by Gasteiger charge is -2.27. The standard InChI is InChI=1S/C12H20/c1-10-6-5-9-12(10)11-7-3-2-4-8-11/h11-12H,1-9H2. The molecule has 1 atom stereocenters. The molecule has 0 amide bonds. The van der Waals surface area contributed by atoms with Gasteiger partial charge < -0.3 is 0 Å². The molecule has 2 fully saturated rings. The van der Waals surface area contributed by atoms with Crippen LogP contribution >= 0.6 is 0 Å². The van der Waals surface area contributed by atoms with Crippen LogP contribution in [0, 0.1) is 11.8 Å². The Kier molecular flexibility index (Phi) is 2.53. The zero-order valence-electron chi connectivity index (χ0n) is 8.02. The van der Waals surface area contributed by atoms with Gasteiger partial charge in [-0.2, -0.15) is 0 Å². The maximum atomic E-state index is 4.21. The van der Waals surface area contributed by atoms with E-state index < -0.39 is 0 Å². The quantitative estimate of drug-likeness (QED) is 0.515. The topological polar surface area (TPSA) is 0 Å². The lowest BCUT2D eigenvalue weighted by molar-refractivity contribution is 0.280. The third-order valence-electron chi connectivity index (χ3n) is 3.76. The van der Waals surface area contributed by atoms with E-state index in [0.29, 0.717) is 0 Å². The van der Waals surface area contributed by atoms with Crippen molar-refractivity contribution in [2.45, 2.75) is 51.4 Å². The minimum atomic E-state index is 0.922. The fourth-order valence-electron chi connectivity index (χ4n) is 3.04. The second kappa shape index (κ2) is 3.64. The Morgan fingerprint density at radius 3 is 2.25 bits per heavy atom. The van der Waals surface area contributed by atoms with Crippen LogP contribution in [0.1, 0.15) is 51.4 Å². The predicted molar refractivity (Wildman–Crippen MR) is 53.1 cm³/mol. The van der Waals surface area contributed by atoms with Gasteiger partial charge in [0.2, 0.25) is 0 Å². The van der Waals surface area contributed by atoms with Crippen molar-refractivity contribution in [3.8, 4) is 0 Å². The van der Waals surface area contributed by atoms with Crippen molar-refractivity contribution in [1.29, 1.82) is 0 Å². The van der Waals surface area contributed by atoms with Crippen LogP contribution in [0.3, 0.4) is 0 Å². The first-order chi connectivity index (χ1) is 5.88. The molecule has 0 spiro atoms. The van der Waals surface area contributed by atoms with Crippen molar-refractivity contribution in [2.24, 2.45) is 11.8 Å². The van der Waals surface area contributed by atoms with Gasteiger partial charge >= 0.3 is 0 Å². The summed E-state index contributed by atoms with van der Waals surface area (Å²) in [6.07, 6.45) is 11.6. The summed E-state index contributed by atoms with van der Waals surface area (Å²) in [5.41, 5.74) is 1.57. The third-order valence-corrected chi connectivity index (χ3v) is 3.76. The Morgan fingerprint density at radius 2 is 1.67 bits per heavy atom. The van der Waals surface area contributed by atoms with E-state index in [1.54, 1.807) is 5.57 Å². The highest BCUT2D eigenvalue weighted by molar-refractivity contribution is 5.07. The van der Waals surface area contributed by atoms with Crippen molar-refractivity contribution in [1.82, 2.24) is 0 Å². The summed E-state index contributed by atoms with van der Waals surface area (Å²) in [5, 5.41) is 0. The smallest absolute Gasteiger partial charge is 0.0177 e. The molecular formula is C12H20. The molecule has 0 aliphatic heterocycles. The van der Waals surface area contributed by atoms with Gasteiger partial charge in [0.1, 0.15) is 0 Å². The van der Waals surface area contributed by atoms with Crippen LogP contribution in [0.5, 0.6) is 0 Å². The van der Waals surface area contributed by atoms with Crippen LogP contribution < -0.4 is 0 Å². The van der Waals surface area contributed by atoms with Gasteiger partial charge in [0.15, 0.2) is 0 Å². The first kappa shape index (κ1) is 8.34. The molecule has 12 heavy (non-hydrogen) atoms. The van der Waals surface area contributed by atoms with Crippen LogP contribution in [-0.4, -0.2) is 0 Å². The van der Waals surface area contributed by atoms with Gasteiger partial charge in [0.05, 0.1) is 0 Å². The van der Waals surface area contributed by atoms with Gasteiger partial charge in [-0.1, -0.05) is 31.4 Å². The van der Waals surface area contributed by atoms with Gasteiger partial charge in [-0.25, -0.2) is 0 Å². The molecule has 2 aliphatic carbocycles. The molecule has 0 bridgehead atoms. The minimum Gasteiger partial charge on any atom is -0.0996 e. The van der Waals surface area contributed by atoms with Crippen molar-refractivity contribution in [3.63, 3.8) is 0 Å². The zero-order valence-corrected chi connectivity index (χ0v) is 8.02. The highest BCUT2D eigenvalue weighted by atomic mass is 14.3. The molecule has 0 aromatic heterocycles. The van der Waals surface area contributed by atoms with Crippen molar-refractivity contribution in [3.05, 3.63) is 12.2 Å². The van der Waals surface area contributed by atoms with Crippen LogP contribution in [0.4, 0.5) is 0 Å². The Balaban J connectivity index is 1.93. The van der Waals surface area contributed by atoms with Crippen molar-refractivity contribution in [2.75, 3.05) is 0 Å². The summed E-state index contributed by atoms with van der Waals surface area (Å²) in [5.74, 6) is 1.94. The van der Waals surface area contributed by atoms with Crippen LogP contribution in [0.25, 0.3) is 0 Å². The average molecular weight is 164 g/mol. The van der Waals surface area contributed by atoms with Gasteiger partial charge in [-0.05, 0) is 43.9 Å². The summed E-state index contributed by atoms with van der Waals surface area (Å²) in [4.78, 5) is 0. The predicted octanol–water partition coefficient (Wildman–Crippen LogP) is 3.92. The lowest BCUT2D eigenvalue weighted by Crippen LogP contribution is -2.16. The largest absolute Gasteiger partial charge is 0.0996 e. The Morgan fingerprint density at radius 1 is 0.917 bits per heavy atom. The number of allylic oxidation sites excluding steroid dienone is 1. The number of hydrogen-bond acceptors (Lipinski definition) is 0. The molecule has 0 aromatic rings. The molecule has 0 radical (unpaired) electrons. The number of rotatable bonds is 1. The van der Waals surface area contributed by atoms with Crippen LogP contribution in [0.15, 0.2) is 12.2 Å². The first-order valence-electron chi connectivity index (χ1n) is 5.55. The molecule has 0 nitrogen and oxygen atoms in total. The van der Waals surface area contributed by atoms with Gasteiger partial charge in [-0.3, -0.25) is 0 Å². The molecule has 0 aromatic carbocycles. The minimum absolute atomic E-state index is 0.922. The molecule has 0 heterocycles. The van der Waals surface area contributed by atoms with E-state index in [2.05, 4.69) is 6.58 Å². The van der Waals surface area contributed by atoms with E-state index in [-0.39, 0.29) is 0 Å². The maximum absolute atomic E-state index is 4.21. The van der Waals surface area contributed by atoms with E-state index in [4.69, 9.17) is 0 Å². The summed E-state index contributed by atoms with van der Waals surface area (Å²) in [6.45, 7) is 4.21. The van der Waals surface area contributed by atoms with Crippen molar-refractivity contribution >= 4 is 0 Å². The van der Waals surface area contributed by atoms with E-state index in [9.17, 15) is 0 Å². The normalized spacial score (nSPS) is 32.7. The molecule has 2 rings (SSSR count). The van der Waals surface area contributed by atoms with E-state index in [1.807, 2.05) is 0 Å². The fraction of sp³-hybridized carbons (Fsp3) is 0.833. The fourth-order valence-corrected chi connectivity index (χ4v) is 3.04. The molecule has 2 saturated carbocycles. The maximum Gasteiger partial charge on any atom is -0.0177 e. The average Bonchev–Trinajstić information content (AvgIpc) is 2.53. The van der Waals surface area contributed by atoms with E-state index >= 15 is 0 Å². The lowest BCUT2D eigenvalue weighted by atomic mass is 9.78.